The summed E-state index contributed by atoms with van der Waals surface area (Å²) < 4.78 is 41.1. The van der Waals surface area contributed by atoms with Crippen LogP contribution in [0.3, 0.4) is 0 Å². The Balaban J connectivity index is 1.28. The number of anilines is 2. The van der Waals surface area contributed by atoms with Gasteiger partial charge in [0.2, 0.25) is 17.7 Å². The van der Waals surface area contributed by atoms with Crippen LogP contribution in [0.1, 0.15) is 31.7 Å². The van der Waals surface area contributed by atoms with E-state index in [0.717, 1.165) is 6.07 Å². The van der Waals surface area contributed by atoms with Gasteiger partial charge < -0.3 is 25.2 Å². The molecule has 0 spiro atoms. The lowest BCUT2D eigenvalue weighted by atomic mass is 10.0. The Kier molecular flexibility index (Phi) is 7.35. The lowest BCUT2D eigenvalue weighted by Crippen LogP contribution is -2.35. The second kappa shape index (κ2) is 10.9. The molecule has 0 aliphatic heterocycles. The molecule has 40 heavy (non-hydrogen) atoms. The van der Waals surface area contributed by atoms with E-state index in [4.69, 9.17) is 9.47 Å². The number of aliphatic hydroxyl groups excluding tert-OH is 1. The van der Waals surface area contributed by atoms with Gasteiger partial charge in [0.15, 0.2) is 11.6 Å². The molecule has 2 amide bonds. The maximum atomic E-state index is 15.0. The molecule has 5 rings (SSSR count). The molecular weight excluding hydrogens is 524 g/mol. The number of aryl methyl sites for hydroxylation is 1. The summed E-state index contributed by atoms with van der Waals surface area (Å²) in [4.78, 5) is 29.8. The third kappa shape index (κ3) is 5.43. The van der Waals surface area contributed by atoms with Crippen LogP contribution in [0.25, 0.3) is 5.52 Å². The van der Waals surface area contributed by atoms with Crippen molar-refractivity contribution in [3.63, 3.8) is 0 Å². The fourth-order valence-electron chi connectivity index (χ4n) is 4.11. The Hall–Kier alpha value is -4.58. The Morgan fingerprint density at radius 2 is 1.75 bits per heavy atom. The molecule has 1 saturated carbocycles. The number of fused-ring (bicyclic) bond motifs is 1. The number of nitrogens with one attached hydrogen (secondary N) is 2. The largest absolute Gasteiger partial charge is 0.489 e. The summed E-state index contributed by atoms with van der Waals surface area (Å²) in [5.41, 5.74) is 0.339. The zero-order chi connectivity index (χ0) is 28.4. The van der Waals surface area contributed by atoms with Gasteiger partial charge in [-0.2, -0.15) is 10.1 Å². The SMILES string of the molecule is CCC(O)COc1cn2ncnc(Oc3ccc(NC(=O)C4(C(=O)Nc5ccc(F)cc5)CC4)cc3F)c2c1C. The smallest absolute Gasteiger partial charge is 0.247 e. The zero-order valence-electron chi connectivity index (χ0n) is 21.8. The van der Waals surface area contributed by atoms with E-state index in [1.165, 1.54) is 47.2 Å². The second-order valence-corrected chi connectivity index (χ2v) is 9.59. The van der Waals surface area contributed by atoms with Crippen molar-refractivity contribution in [2.75, 3.05) is 17.2 Å². The van der Waals surface area contributed by atoms with Gasteiger partial charge in [-0.3, -0.25) is 9.59 Å². The van der Waals surface area contributed by atoms with Gasteiger partial charge in [-0.25, -0.2) is 13.3 Å². The van der Waals surface area contributed by atoms with E-state index in [1.54, 1.807) is 13.1 Å². The standard InChI is InChI=1S/C28H27F2N5O5/c1-3-20(36)14-39-23-13-35-24(16(23)2)25(31-15-32-35)40-22-9-8-19(12-21(22)30)34-27(38)28(10-11-28)26(37)33-18-6-4-17(29)5-7-18/h4-9,12-13,15,20,36H,3,10-11,14H2,1-2H3,(H,33,37)(H,34,38). The third-order valence-corrected chi connectivity index (χ3v) is 6.77. The Morgan fingerprint density at radius 1 is 1.07 bits per heavy atom. The number of benzene rings is 2. The number of aliphatic hydroxyl groups is 1. The van der Waals surface area contributed by atoms with Gasteiger partial charge in [-0.1, -0.05) is 6.92 Å². The Labute approximate surface area is 227 Å². The first-order valence-corrected chi connectivity index (χ1v) is 12.7. The van der Waals surface area contributed by atoms with Gasteiger partial charge in [-0.15, -0.1) is 0 Å². The number of carbonyl (C=O) groups excluding carboxylic acids is 2. The zero-order valence-corrected chi connectivity index (χ0v) is 21.8. The van der Waals surface area contributed by atoms with Gasteiger partial charge in [0, 0.05) is 23.0 Å². The summed E-state index contributed by atoms with van der Waals surface area (Å²) >= 11 is 0. The summed E-state index contributed by atoms with van der Waals surface area (Å²) in [7, 11) is 0. The monoisotopic (exact) mass is 551 g/mol. The van der Waals surface area contributed by atoms with E-state index >= 15 is 4.39 Å². The van der Waals surface area contributed by atoms with E-state index in [-0.39, 0.29) is 23.9 Å². The van der Waals surface area contributed by atoms with Crippen molar-refractivity contribution in [3.05, 3.63) is 72.2 Å². The molecular formula is C28H27F2N5O5. The number of ether oxygens (including phenoxy) is 2. The molecule has 1 unspecified atom stereocenters. The highest BCUT2D eigenvalue weighted by Crippen LogP contribution is 2.47. The van der Waals surface area contributed by atoms with E-state index in [9.17, 15) is 19.1 Å². The van der Waals surface area contributed by atoms with Crippen molar-refractivity contribution in [3.8, 4) is 17.4 Å². The minimum absolute atomic E-state index is 0.0865. The lowest BCUT2D eigenvalue weighted by Gasteiger charge is -2.16. The third-order valence-electron chi connectivity index (χ3n) is 6.77. The molecule has 3 N–H and O–H groups in total. The van der Waals surface area contributed by atoms with Gasteiger partial charge in [-0.05, 0) is 62.6 Å². The molecule has 2 aromatic heterocycles. The number of hydrogen-bond donors (Lipinski definition) is 3. The highest BCUT2D eigenvalue weighted by atomic mass is 19.1. The molecule has 0 bridgehead atoms. The van der Waals surface area contributed by atoms with E-state index in [1.807, 2.05) is 6.92 Å². The summed E-state index contributed by atoms with van der Waals surface area (Å²) in [5.74, 6) is -1.86. The topological polar surface area (TPSA) is 127 Å². The number of nitrogens with zero attached hydrogens (tertiary/aromatic N) is 3. The van der Waals surface area contributed by atoms with Crippen molar-refractivity contribution in [2.24, 2.45) is 5.41 Å². The average Bonchev–Trinajstić information content (AvgIpc) is 3.69. The van der Waals surface area contributed by atoms with Crippen LogP contribution < -0.4 is 20.1 Å². The normalized spacial score (nSPS) is 14.4. The maximum Gasteiger partial charge on any atom is 0.247 e. The van der Waals surface area contributed by atoms with Gasteiger partial charge in [0.05, 0.1) is 12.3 Å². The summed E-state index contributed by atoms with van der Waals surface area (Å²) in [6.45, 7) is 3.72. The molecule has 2 aromatic carbocycles. The van der Waals surface area contributed by atoms with Crippen molar-refractivity contribution >= 4 is 28.7 Å². The van der Waals surface area contributed by atoms with Gasteiger partial charge >= 0.3 is 0 Å². The van der Waals surface area contributed by atoms with Gasteiger partial charge in [0.1, 0.15) is 35.4 Å². The molecule has 10 nitrogen and oxygen atoms in total. The number of rotatable bonds is 10. The molecule has 0 radical (unpaired) electrons. The molecule has 1 atom stereocenters. The molecule has 1 fully saturated rings. The molecule has 0 saturated heterocycles. The highest BCUT2D eigenvalue weighted by molar-refractivity contribution is 6.16. The molecule has 2 heterocycles. The van der Waals surface area contributed by atoms with Gasteiger partial charge in [0.25, 0.3) is 0 Å². The molecule has 208 valence electrons. The molecule has 4 aromatic rings. The summed E-state index contributed by atoms with van der Waals surface area (Å²) in [6, 6.07) is 9.10. The first kappa shape index (κ1) is 27.0. The van der Waals surface area contributed by atoms with Crippen LogP contribution in [0.5, 0.6) is 17.4 Å². The average molecular weight is 552 g/mol. The molecule has 1 aliphatic carbocycles. The number of halogens is 2. The summed E-state index contributed by atoms with van der Waals surface area (Å²) in [6.07, 6.45) is 3.47. The fourth-order valence-corrected chi connectivity index (χ4v) is 4.11. The predicted octanol–water partition coefficient (Wildman–Crippen LogP) is 4.62. The molecule has 1 aliphatic rings. The van der Waals surface area contributed by atoms with Crippen LogP contribution in [-0.4, -0.2) is 44.2 Å². The lowest BCUT2D eigenvalue weighted by molar-refractivity contribution is -0.131. The minimum Gasteiger partial charge on any atom is -0.489 e. The Morgan fingerprint density at radius 3 is 2.40 bits per heavy atom. The quantitative estimate of drug-likeness (QED) is 0.246. The van der Waals surface area contributed by atoms with E-state index < -0.39 is 35.0 Å². The molecule has 12 heteroatoms. The minimum atomic E-state index is -1.29. The van der Waals surface area contributed by atoms with Crippen molar-refractivity contribution in [1.82, 2.24) is 14.6 Å². The van der Waals surface area contributed by atoms with Crippen LogP contribution in [0.4, 0.5) is 20.2 Å². The van der Waals surface area contributed by atoms with E-state index in [0.29, 0.717) is 41.8 Å². The number of hydrogen-bond acceptors (Lipinski definition) is 7. The van der Waals surface area contributed by atoms with E-state index in [2.05, 4.69) is 20.7 Å². The van der Waals surface area contributed by atoms with Crippen LogP contribution in [0.15, 0.2) is 55.0 Å². The first-order chi connectivity index (χ1) is 19.2. The highest BCUT2D eigenvalue weighted by Gasteiger charge is 2.56. The van der Waals surface area contributed by atoms with Crippen molar-refractivity contribution in [2.45, 2.75) is 39.2 Å². The Bertz CT molecular complexity index is 1570. The number of amides is 2. The van der Waals surface area contributed by atoms with Crippen LogP contribution >= 0.6 is 0 Å². The first-order valence-electron chi connectivity index (χ1n) is 12.7. The van der Waals surface area contributed by atoms with Crippen LogP contribution in [0.2, 0.25) is 0 Å². The van der Waals surface area contributed by atoms with Crippen LogP contribution in [-0.2, 0) is 9.59 Å². The number of aromatic nitrogens is 3. The second-order valence-electron chi connectivity index (χ2n) is 9.59. The van der Waals surface area contributed by atoms with Crippen molar-refractivity contribution in [1.29, 1.82) is 0 Å². The fraction of sp³-hybridized carbons (Fsp3) is 0.286. The summed E-state index contributed by atoms with van der Waals surface area (Å²) in [5, 5.41) is 19.2. The maximum absolute atomic E-state index is 15.0. The van der Waals surface area contributed by atoms with Crippen LogP contribution in [0, 0.1) is 24.0 Å². The number of carbonyl (C=O) groups is 2. The predicted molar refractivity (Wildman–Crippen MR) is 141 cm³/mol. The van der Waals surface area contributed by atoms with Crippen molar-refractivity contribution < 1.29 is 33.0 Å².